The minimum absolute atomic E-state index is 0.214. The number of rotatable bonds is 4. The second-order valence-electron chi connectivity index (χ2n) is 7.42. The molecule has 5 aromatic rings. The van der Waals surface area contributed by atoms with Crippen molar-refractivity contribution in [1.29, 1.82) is 0 Å². The summed E-state index contributed by atoms with van der Waals surface area (Å²) in [5.74, 6) is 1.08. The average Bonchev–Trinajstić information content (AvgIpc) is 3.58. The molecule has 0 bridgehead atoms. The summed E-state index contributed by atoms with van der Waals surface area (Å²) in [5.41, 5.74) is 2.99. The van der Waals surface area contributed by atoms with Crippen LogP contribution in [0.5, 0.6) is 11.5 Å². The number of para-hydroxylation sites is 1. The fraction of sp³-hybridized carbons (Fsp3) is 0.0800. The number of hydrogen-bond acceptors (Lipinski definition) is 6. The van der Waals surface area contributed by atoms with E-state index in [1.165, 1.54) is 11.3 Å². The van der Waals surface area contributed by atoms with E-state index in [1.54, 1.807) is 17.4 Å². The third-order valence-corrected chi connectivity index (χ3v) is 7.34. The van der Waals surface area contributed by atoms with E-state index in [0.29, 0.717) is 28.4 Å². The number of hydrogen-bond donors (Lipinski definition) is 0. The number of ether oxygens (including phenoxy) is 2. The Morgan fingerprint density at radius 1 is 1.15 bits per heavy atom. The highest BCUT2D eigenvalue weighted by molar-refractivity contribution is 7.16. The van der Waals surface area contributed by atoms with Gasteiger partial charge in [-0.3, -0.25) is 4.79 Å². The van der Waals surface area contributed by atoms with Gasteiger partial charge in [-0.05, 0) is 23.6 Å². The van der Waals surface area contributed by atoms with Gasteiger partial charge in [0.25, 0.3) is 5.91 Å². The minimum Gasteiger partial charge on any atom is -0.454 e. The topological polar surface area (TPSA) is 65.7 Å². The van der Waals surface area contributed by atoms with Gasteiger partial charge < -0.3 is 14.0 Å². The molecule has 0 unspecified atom stereocenters. The molecule has 2 aromatic carbocycles. The molecule has 0 atom stereocenters. The van der Waals surface area contributed by atoms with Crippen LogP contribution in [-0.2, 0) is 6.54 Å². The molecule has 1 amide bonds. The van der Waals surface area contributed by atoms with E-state index in [0.717, 1.165) is 31.7 Å². The lowest BCUT2D eigenvalue weighted by Gasteiger charge is -2.06. The Balaban J connectivity index is 1.54. The van der Waals surface area contributed by atoms with Crippen LogP contribution in [0.2, 0.25) is 0 Å². The maximum Gasteiger partial charge on any atom is 0.280 e. The molecular weight excluding hydrogens is 454 g/mol. The number of aromatic nitrogens is 2. The van der Waals surface area contributed by atoms with Gasteiger partial charge in [-0.2, -0.15) is 4.99 Å². The van der Waals surface area contributed by atoms with Gasteiger partial charge in [0.15, 0.2) is 16.3 Å². The molecule has 3 aromatic heterocycles. The lowest BCUT2D eigenvalue weighted by Crippen LogP contribution is -2.16. The Morgan fingerprint density at radius 2 is 2.00 bits per heavy atom. The molecule has 6 nitrogen and oxygen atoms in total. The van der Waals surface area contributed by atoms with Gasteiger partial charge in [-0.1, -0.05) is 41.7 Å². The molecule has 0 spiro atoms. The molecule has 33 heavy (non-hydrogen) atoms. The zero-order valence-corrected chi connectivity index (χ0v) is 19.0. The number of benzene rings is 2. The number of allylic oxidation sites excluding steroid dienone is 1. The highest BCUT2D eigenvalue weighted by Crippen LogP contribution is 2.37. The monoisotopic (exact) mass is 471 g/mol. The quantitative estimate of drug-likeness (QED) is 0.319. The molecule has 8 heteroatoms. The van der Waals surface area contributed by atoms with E-state index in [-0.39, 0.29) is 12.7 Å². The molecule has 6 rings (SSSR count). The van der Waals surface area contributed by atoms with Gasteiger partial charge in [0.2, 0.25) is 6.79 Å². The van der Waals surface area contributed by atoms with Gasteiger partial charge in [0.1, 0.15) is 0 Å². The Bertz CT molecular complexity index is 1610. The van der Waals surface area contributed by atoms with Crippen molar-refractivity contribution in [2.75, 3.05) is 6.79 Å². The lowest BCUT2D eigenvalue weighted by molar-refractivity contribution is 0.0999. The fourth-order valence-electron chi connectivity index (χ4n) is 3.90. The smallest absolute Gasteiger partial charge is 0.280 e. The van der Waals surface area contributed by atoms with Gasteiger partial charge in [-0.15, -0.1) is 17.9 Å². The molecule has 1 aliphatic heterocycles. The van der Waals surface area contributed by atoms with E-state index >= 15 is 0 Å². The summed E-state index contributed by atoms with van der Waals surface area (Å²) >= 11 is 3.03. The van der Waals surface area contributed by atoms with Crippen molar-refractivity contribution in [3.8, 4) is 22.1 Å². The van der Waals surface area contributed by atoms with Crippen LogP contribution in [0, 0.1) is 0 Å². The summed E-state index contributed by atoms with van der Waals surface area (Å²) in [6.07, 6.45) is 1.79. The van der Waals surface area contributed by atoms with E-state index in [2.05, 4.69) is 11.6 Å². The number of amides is 1. The molecule has 0 saturated carbocycles. The Kier molecular flexibility index (Phi) is 4.82. The fourth-order valence-corrected chi connectivity index (χ4v) is 5.63. The predicted octanol–water partition coefficient (Wildman–Crippen LogP) is 5.64. The number of thiophene rings is 1. The summed E-state index contributed by atoms with van der Waals surface area (Å²) in [6.45, 7) is 4.60. The molecule has 0 aliphatic carbocycles. The number of nitrogens with zero attached hydrogens (tertiary/aromatic N) is 3. The molecule has 4 heterocycles. The summed E-state index contributed by atoms with van der Waals surface area (Å²) < 4.78 is 14.0. The maximum absolute atomic E-state index is 13.5. The van der Waals surface area contributed by atoms with E-state index in [1.807, 2.05) is 64.5 Å². The van der Waals surface area contributed by atoms with Crippen molar-refractivity contribution >= 4 is 49.7 Å². The van der Waals surface area contributed by atoms with E-state index in [4.69, 9.17) is 14.5 Å². The number of pyridine rings is 1. The summed E-state index contributed by atoms with van der Waals surface area (Å²) in [4.78, 5) is 24.4. The number of thiazole rings is 1. The van der Waals surface area contributed by atoms with E-state index in [9.17, 15) is 4.79 Å². The van der Waals surface area contributed by atoms with Gasteiger partial charge in [0.05, 0.1) is 31.9 Å². The highest BCUT2D eigenvalue weighted by Gasteiger charge is 2.19. The third-order valence-electron chi connectivity index (χ3n) is 5.41. The standard InChI is InChI=1S/C25H17N3O3S2/c1-2-9-28-19-12-20-21(31-14-30-20)13-23(19)33-25(28)27-24(29)16-11-18(22-8-5-10-32-22)26-17-7-4-3-6-15(16)17/h2-8,10-13H,1,9,14H2. The van der Waals surface area contributed by atoms with Gasteiger partial charge >= 0.3 is 0 Å². The number of carbonyl (C=O) groups excluding carboxylic acids is 1. The normalized spacial score (nSPS) is 13.2. The van der Waals surface area contributed by atoms with Crippen molar-refractivity contribution < 1.29 is 14.3 Å². The van der Waals surface area contributed by atoms with E-state index < -0.39 is 0 Å². The molecule has 0 fully saturated rings. The first-order valence-electron chi connectivity index (χ1n) is 10.3. The molecular formula is C25H17N3O3S2. The van der Waals surface area contributed by atoms with Crippen LogP contribution in [0.1, 0.15) is 10.4 Å². The zero-order valence-electron chi connectivity index (χ0n) is 17.4. The van der Waals surface area contributed by atoms with Crippen molar-refractivity contribution in [3.05, 3.63) is 83.0 Å². The lowest BCUT2D eigenvalue weighted by atomic mass is 10.1. The van der Waals surface area contributed by atoms with Crippen molar-refractivity contribution in [2.45, 2.75) is 6.54 Å². The predicted molar refractivity (Wildman–Crippen MR) is 131 cm³/mol. The van der Waals surface area contributed by atoms with Crippen LogP contribution < -0.4 is 14.3 Å². The molecule has 0 saturated heterocycles. The second-order valence-corrected chi connectivity index (χ2v) is 9.38. The van der Waals surface area contributed by atoms with Crippen molar-refractivity contribution in [3.63, 3.8) is 0 Å². The Labute approximate surface area is 196 Å². The molecule has 162 valence electrons. The molecule has 0 radical (unpaired) electrons. The number of carbonyl (C=O) groups is 1. The second kappa shape index (κ2) is 7.99. The Hall–Kier alpha value is -3.75. The van der Waals surface area contributed by atoms with Crippen molar-refractivity contribution in [2.24, 2.45) is 4.99 Å². The maximum atomic E-state index is 13.5. The van der Waals surface area contributed by atoms with Crippen LogP contribution in [-0.4, -0.2) is 22.3 Å². The van der Waals surface area contributed by atoms with Crippen molar-refractivity contribution in [1.82, 2.24) is 9.55 Å². The summed E-state index contributed by atoms with van der Waals surface area (Å²) in [5, 5.41) is 2.78. The van der Waals surface area contributed by atoms with Crippen LogP contribution in [0.15, 0.2) is 77.6 Å². The zero-order chi connectivity index (χ0) is 22.4. The van der Waals surface area contributed by atoms with Gasteiger partial charge in [-0.25, -0.2) is 4.98 Å². The summed E-state index contributed by atoms with van der Waals surface area (Å²) in [6, 6.07) is 17.3. The SMILES string of the molecule is C=CCn1c(=NC(=O)c2cc(-c3cccs3)nc3ccccc23)sc2cc3c(cc21)OCO3. The first-order chi connectivity index (χ1) is 16.2. The molecule has 0 N–H and O–H groups in total. The number of fused-ring (bicyclic) bond motifs is 3. The Morgan fingerprint density at radius 3 is 2.82 bits per heavy atom. The first-order valence-corrected chi connectivity index (χ1v) is 12.0. The first kappa shape index (κ1) is 19.9. The minimum atomic E-state index is -0.309. The average molecular weight is 472 g/mol. The van der Waals surface area contributed by atoms with Crippen LogP contribution >= 0.6 is 22.7 Å². The summed E-state index contributed by atoms with van der Waals surface area (Å²) in [7, 11) is 0. The van der Waals surface area contributed by atoms with Gasteiger partial charge in [0, 0.05) is 24.1 Å². The van der Waals surface area contributed by atoms with Crippen LogP contribution in [0.25, 0.3) is 31.7 Å². The molecule has 1 aliphatic rings. The van der Waals surface area contributed by atoms with Crippen LogP contribution in [0.3, 0.4) is 0 Å². The highest BCUT2D eigenvalue weighted by atomic mass is 32.1. The third kappa shape index (κ3) is 3.44. The van der Waals surface area contributed by atoms with Crippen LogP contribution in [0.4, 0.5) is 0 Å². The largest absolute Gasteiger partial charge is 0.454 e.